The maximum atomic E-state index is 4.13. The monoisotopic (exact) mass is 264 g/mol. The summed E-state index contributed by atoms with van der Waals surface area (Å²) < 4.78 is 2.01. The first-order chi connectivity index (χ1) is 8.93. The van der Waals surface area contributed by atoms with E-state index in [1.807, 2.05) is 17.1 Å². The van der Waals surface area contributed by atoms with E-state index in [0.717, 1.165) is 17.3 Å². The molecule has 1 aliphatic carbocycles. The van der Waals surface area contributed by atoms with Gasteiger partial charge in [-0.3, -0.25) is 5.10 Å². The highest BCUT2D eigenvalue weighted by Gasteiger charge is 2.21. The predicted molar refractivity (Wildman–Crippen MR) is 68.3 cm³/mol. The summed E-state index contributed by atoms with van der Waals surface area (Å²) >= 11 is 1.72. The number of hydrogen-bond donors (Lipinski definition) is 1. The van der Waals surface area contributed by atoms with Crippen LogP contribution in [0.1, 0.15) is 37.3 Å². The van der Waals surface area contributed by atoms with E-state index >= 15 is 0 Å². The number of aromatic amines is 1. The first-order valence-corrected chi connectivity index (χ1v) is 7.30. The minimum atomic E-state index is 0.511. The minimum Gasteiger partial charge on any atom is -0.285 e. The number of H-pyrrole nitrogens is 1. The molecule has 2 heterocycles. The summed E-state index contributed by atoms with van der Waals surface area (Å²) in [5, 5.41) is 19.8. The second-order valence-corrected chi connectivity index (χ2v) is 5.61. The van der Waals surface area contributed by atoms with E-state index in [-0.39, 0.29) is 0 Å². The van der Waals surface area contributed by atoms with Crippen LogP contribution in [0.2, 0.25) is 0 Å². The van der Waals surface area contributed by atoms with Gasteiger partial charge in [0, 0.05) is 11.9 Å². The van der Waals surface area contributed by atoms with E-state index in [4.69, 9.17) is 0 Å². The molecule has 0 saturated heterocycles. The molecule has 1 fully saturated rings. The number of rotatable bonds is 5. The van der Waals surface area contributed by atoms with E-state index in [1.165, 1.54) is 31.2 Å². The summed E-state index contributed by atoms with van der Waals surface area (Å²) in [6, 6.07) is 0.511. The molecule has 3 rings (SSSR count). The van der Waals surface area contributed by atoms with Crippen LogP contribution in [0.4, 0.5) is 0 Å². The zero-order chi connectivity index (χ0) is 12.2. The Morgan fingerprint density at radius 3 is 3.06 bits per heavy atom. The third-order valence-electron chi connectivity index (χ3n) is 3.31. The molecule has 96 valence electrons. The van der Waals surface area contributed by atoms with E-state index in [0.29, 0.717) is 6.04 Å². The summed E-state index contributed by atoms with van der Waals surface area (Å²) in [5.74, 6) is 0.979. The van der Waals surface area contributed by atoms with Gasteiger partial charge in [-0.2, -0.15) is 5.10 Å². The van der Waals surface area contributed by atoms with E-state index < -0.39 is 0 Å². The van der Waals surface area contributed by atoms with Crippen molar-refractivity contribution >= 4 is 11.8 Å². The summed E-state index contributed by atoms with van der Waals surface area (Å²) in [5.41, 5.74) is 1.22. The lowest BCUT2D eigenvalue weighted by atomic mass is 10.3. The Bertz CT molecular complexity index is 473. The number of nitrogens with zero attached hydrogens (tertiary/aromatic N) is 5. The smallest absolute Gasteiger partial charge is 0.209 e. The molecule has 0 atom stereocenters. The second-order valence-electron chi connectivity index (χ2n) is 4.55. The zero-order valence-electron chi connectivity index (χ0n) is 10.1. The molecule has 2 aromatic rings. The van der Waals surface area contributed by atoms with Gasteiger partial charge in [-0.25, -0.2) is 4.68 Å². The zero-order valence-corrected chi connectivity index (χ0v) is 10.9. The van der Waals surface area contributed by atoms with E-state index in [1.54, 1.807) is 11.8 Å². The van der Waals surface area contributed by atoms with Gasteiger partial charge in [0.05, 0.1) is 12.2 Å². The van der Waals surface area contributed by atoms with E-state index in [2.05, 4.69) is 25.7 Å². The Morgan fingerprint density at radius 2 is 2.28 bits per heavy atom. The summed E-state index contributed by atoms with van der Waals surface area (Å²) in [6.45, 7) is 0. The van der Waals surface area contributed by atoms with Crippen LogP contribution in [0.25, 0.3) is 0 Å². The summed E-state index contributed by atoms with van der Waals surface area (Å²) in [6.07, 6.45) is 9.79. The van der Waals surface area contributed by atoms with Gasteiger partial charge in [-0.15, -0.1) is 5.10 Å². The molecule has 0 aliphatic heterocycles. The quantitative estimate of drug-likeness (QED) is 0.834. The average Bonchev–Trinajstić information content (AvgIpc) is 3.12. The van der Waals surface area contributed by atoms with E-state index in [9.17, 15) is 0 Å². The molecule has 0 aromatic carbocycles. The molecule has 18 heavy (non-hydrogen) atoms. The molecule has 0 bridgehead atoms. The van der Waals surface area contributed by atoms with Gasteiger partial charge in [0.2, 0.25) is 5.16 Å². The van der Waals surface area contributed by atoms with Crippen molar-refractivity contribution in [2.45, 2.75) is 43.3 Å². The van der Waals surface area contributed by atoms with Crippen molar-refractivity contribution in [1.82, 2.24) is 30.4 Å². The Balaban J connectivity index is 1.57. The fourth-order valence-corrected chi connectivity index (χ4v) is 3.27. The molecule has 1 saturated carbocycles. The molecule has 0 spiro atoms. The van der Waals surface area contributed by atoms with Gasteiger partial charge in [0.15, 0.2) is 0 Å². The topological polar surface area (TPSA) is 72.3 Å². The molecule has 0 amide bonds. The lowest BCUT2D eigenvalue weighted by molar-refractivity contribution is 0.423. The van der Waals surface area contributed by atoms with Crippen molar-refractivity contribution in [3.05, 3.63) is 18.0 Å². The van der Waals surface area contributed by atoms with Gasteiger partial charge < -0.3 is 0 Å². The third kappa shape index (κ3) is 2.55. The van der Waals surface area contributed by atoms with Crippen LogP contribution in [0, 0.1) is 0 Å². The van der Waals surface area contributed by atoms with Gasteiger partial charge >= 0.3 is 0 Å². The number of aromatic nitrogens is 6. The van der Waals surface area contributed by atoms with Crippen molar-refractivity contribution in [3.8, 4) is 0 Å². The van der Waals surface area contributed by atoms with Crippen molar-refractivity contribution in [3.63, 3.8) is 0 Å². The standard InChI is InChI=1S/C11H16N6S/c1-2-4-10(3-1)17-11(14-15-16-17)18-6-5-9-7-12-13-8-9/h7-8,10H,1-6H2,(H,12,13). The molecule has 1 aliphatic rings. The largest absolute Gasteiger partial charge is 0.285 e. The van der Waals surface area contributed by atoms with Crippen LogP contribution in [0.15, 0.2) is 17.6 Å². The highest BCUT2D eigenvalue weighted by Crippen LogP contribution is 2.31. The van der Waals surface area contributed by atoms with Crippen LogP contribution in [0.3, 0.4) is 0 Å². The maximum absolute atomic E-state index is 4.13. The van der Waals surface area contributed by atoms with Crippen molar-refractivity contribution < 1.29 is 0 Å². The molecule has 2 aromatic heterocycles. The number of tetrazole rings is 1. The molecule has 0 radical (unpaired) electrons. The Kier molecular flexibility index (Phi) is 3.59. The minimum absolute atomic E-state index is 0.511. The third-order valence-corrected chi connectivity index (χ3v) is 4.25. The Morgan fingerprint density at radius 1 is 1.39 bits per heavy atom. The number of thioether (sulfide) groups is 1. The first kappa shape index (κ1) is 11.7. The molecular weight excluding hydrogens is 248 g/mol. The van der Waals surface area contributed by atoms with Crippen molar-refractivity contribution in [2.75, 3.05) is 5.75 Å². The lowest BCUT2D eigenvalue weighted by Crippen LogP contribution is -2.08. The van der Waals surface area contributed by atoms with Crippen LogP contribution in [-0.2, 0) is 6.42 Å². The molecule has 0 unspecified atom stereocenters. The van der Waals surface area contributed by atoms with Crippen molar-refractivity contribution in [1.29, 1.82) is 0 Å². The fraction of sp³-hybridized carbons (Fsp3) is 0.636. The number of aryl methyl sites for hydroxylation is 1. The highest BCUT2D eigenvalue weighted by atomic mass is 32.2. The van der Waals surface area contributed by atoms with Crippen LogP contribution >= 0.6 is 11.8 Å². The number of nitrogens with one attached hydrogen (secondary N) is 1. The SMILES string of the molecule is c1n[nH]cc1CCSc1nnnn1C1CCCC1. The maximum Gasteiger partial charge on any atom is 0.209 e. The van der Waals surface area contributed by atoms with Crippen molar-refractivity contribution in [2.24, 2.45) is 0 Å². The molecule has 6 nitrogen and oxygen atoms in total. The summed E-state index contributed by atoms with van der Waals surface area (Å²) in [4.78, 5) is 0. The lowest BCUT2D eigenvalue weighted by Gasteiger charge is -2.10. The van der Waals surface area contributed by atoms with Gasteiger partial charge in [0.1, 0.15) is 0 Å². The Hall–Kier alpha value is -1.37. The van der Waals surface area contributed by atoms with Crippen LogP contribution in [-0.4, -0.2) is 36.2 Å². The van der Waals surface area contributed by atoms with Gasteiger partial charge in [0.25, 0.3) is 0 Å². The number of hydrogen-bond acceptors (Lipinski definition) is 5. The van der Waals surface area contributed by atoms with Gasteiger partial charge in [-0.1, -0.05) is 24.6 Å². The first-order valence-electron chi connectivity index (χ1n) is 6.32. The normalized spacial score (nSPS) is 16.4. The average molecular weight is 264 g/mol. The van der Waals surface area contributed by atoms with Crippen LogP contribution in [0.5, 0.6) is 0 Å². The predicted octanol–water partition coefficient (Wildman–Crippen LogP) is 1.85. The van der Waals surface area contributed by atoms with Crippen LogP contribution < -0.4 is 0 Å². The summed E-state index contributed by atoms with van der Waals surface area (Å²) in [7, 11) is 0. The Labute approximate surface area is 110 Å². The molecular formula is C11H16N6S. The van der Waals surface area contributed by atoms with Gasteiger partial charge in [-0.05, 0) is 35.3 Å². The second kappa shape index (κ2) is 5.51. The highest BCUT2D eigenvalue weighted by molar-refractivity contribution is 7.99. The molecule has 1 N–H and O–H groups in total. The fourth-order valence-electron chi connectivity index (χ4n) is 2.33. The molecule has 7 heteroatoms.